The Balaban J connectivity index is 4.32. The maximum Gasteiger partial charge on any atom is 0.363 e. The zero-order valence-corrected chi connectivity index (χ0v) is 12.2. The Hall–Kier alpha value is 0.234. The average molecular weight is 254 g/mol. The molecular formula is C8H22O5Si2. The van der Waals surface area contributed by atoms with Gasteiger partial charge in [-0.05, 0) is 18.6 Å². The Labute approximate surface area is 93.8 Å². The van der Waals surface area contributed by atoms with Crippen LogP contribution in [0.5, 0.6) is 0 Å². The molecule has 5 nitrogen and oxygen atoms in total. The molecule has 0 amide bonds. The quantitative estimate of drug-likeness (QED) is 0.644. The molecular weight excluding hydrogens is 232 g/mol. The molecule has 0 aliphatic heterocycles. The first-order chi connectivity index (χ1) is 7.01. The molecule has 0 radical (unpaired) electrons. The number of rotatable bonds is 8. The molecule has 0 aromatic heterocycles. The SMILES string of the molecule is CO[Si](C)(CC[Si](CO)(OC)OC)OC. The van der Waals surface area contributed by atoms with Crippen molar-refractivity contribution < 1.29 is 22.8 Å². The van der Waals surface area contributed by atoms with Gasteiger partial charge in [0.25, 0.3) is 0 Å². The van der Waals surface area contributed by atoms with E-state index in [0.29, 0.717) is 6.04 Å². The largest absolute Gasteiger partial charge is 0.398 e. The average Bonchev–Trinajstić information content (AvgIpc) is 2.31. The van der Waals surface area contributed by atoms with Gasteiger partial charge in [0.15, 0.2) is 0 Å². The maximum absolute atomic E-state index is 9.26. The lowest BCUT2D eigenvalue weighted by Gasteiger charge is -2.29. The molecule has 0 saturated heterocycles. The van der Waals surface area contributed by atoms with Crippen LogP contribution in [0, 0.1) is 0 Å². The summed E-state index contributed by atoms with van der Waals surface area (Å²) in [6.45, 7) is 1.98. The highest BCUT2D eigenvalue weighted by Gasteiger charge is 2.40. The van der Waals surface area contributed by atoms with E-state index >= 15 is 0 Å². The summed E-state index contributed by atoms with van der Waals surface area (Å²) in [5, 5.41) is 9.26. The van der Waals surface area contributed by atoms with Crippen LogP contribution in [0.4, 0.5) is 0 Å². The number of aliphatic hydroxyl groups excluding tert-OH is 1. The van der Waals surface area contributed by atoms with E-state index in [2.05, 4.69) is 0 Å². The molecule has 0 atom stereocenters. The van der Waals surface area contributed by atoms with Crippen molar-refractivity contribution in [2.24, 2.45) is 0 Å². The monoisotopic (exact) mass is 254 g/mol. The van der Waals surface area contributed by atoms with E-state index in [1.165, 1.54) is 0 Å². The minimum Gasteiger partial charge on any atom is -0.398 e. The van der Waals surface area contributed by atoms with Crippen molar-refractivity contribution in [3.8, 4) is 0 Å². The van der Waals surface area contributed by atoms with Gasteiger partial charge >= 0.3 is 17.1 Å². The van der Waals surface area contributed by atoms with Gasteiger partial charge in [-0.3, -0.25) is 0 Å². The second kappa shape index (κ2) is 6.74. The fourth-order valence-corrected chi connectivity index (χ4v) is 6.11. The Morgan fingerprint density at radius 1 is 0.867 bits per heavy atom. The topological polar surface area (TPSA) is 57.2 Å². The third-order valence-electron chi connectivity index (χ3n) is 2.81. The van der Waals surface area contributed by atoms with Crippen LogP contribution in [0.25, 0.3) is 0 Å². The summed E-state index contributed by atoms with van der Waals surface area (Å²) < 4.78 is 21.3. The first-order valence-corrected chi connectivity index (χ1v) is 9.58. The molecule has 7 heteroatoms. The van der Waals surface area contributed by atoms with Gasteiger partial charge < -0.3 is 22.8 Å². The minimum absolute atomic E-state index is 0.0437. The summed E-state index contributed by atoms with van der Waals surface area (Å²) in [5.74, 6) is 0. The molecule has 0 aromatic rings. The molecule has 0 spiro atoms. The molecule has 0 aliphatic rings. The van der Waals surface area contributed by atoms with Gasteiger partial charge in [-0.1, -0.05) is 0 Å². The second-order valence-electron chi connectivity index (χ2n) is 3.52. The van der Waals surface area contributed by atoms with Gasteiger partial charge in [0.1, 0.15) is 0 Å². The summed E-state index contributed by atoms with van der Waals surface area (Å²) in [6.07, 6.45) is -0.0437. The van der Waals surface area contributed by atoms with Crippen molar-refractivity contribution >= 4 is 17.1 Å². The van der Waals surface area contributed by atoms with Crippen molar-refractivity contribution in [3.63, 3.8) is 0 Å². The lowest BCUT2D eigenvalue weighted by molar-refractivity contribution is 0.195. The van der Waals surface area contributed by atoms with Gasteiger partial charge in [-0.25, -0.2) is 0 Å². The van der Waals surface area contributed by atoms with Crippen molar-refractivity contribution in [2.75, 3.05) is 34.7 Å². The Morgan fingerprint density at radius 3 is 1.60 bits per heavy atom. The zero-order chi connectivity index (χ0) is 11.9. The number of aliphatic hydroxyl groups is 1. The van der Waals surface area contributed by atoms with Crippen molar-refractivity contribution in [1.29, 1.82) is 0 Å². The fraction of sp³-hybridized carbons (Fsp3) is 1.00. The minimum atomic E-state index is -2.43. The molecule has 0 unspecified atom stereocenters. The molecule has 0 fully saturated rings. The third-order valence-corrected chi connectivity index (χ3v) is 9.18. The lowest BCUT2D eigenvalue weighted by Crippen LogP contribution is -2.47. The number of hydrogen-bond donors (Lipinski definition) is 1. The Kier molecular flexibility index (Phi) is 6.84. The van der Waals surface area contributed by atoms with Gasteiger partial charge in [0.2, 0.25) is 0 Å². The second-order valence-corrected chi connectivity index (χ2v) is 10.6. The Bertz CT molecular complexity index is 162. The van der Waals surface area contributed by atoms with E-state index in [9.17, 15) is 5.11 Å². The van der Waals surface area contributed by atoms with Gasteiger partial charge in [-0.2, -0.15) is 0 Å². The third kappa shape index (κ3) is 4.31. The molecule has 0 rings (SSSR count). The smallest absolute Gasteiger partial charge is 0.363 e. The molecule has 15 heavy (non-hydrogen) atoms. The summed E-state index contributed by atoms with van der Waals surface area (Å²) >= 11 is 0. The normalized spacial score (nSPS) is 13.2. The van der Waals surface area contributed by atoms with Crippen molar-refractivity contribution in [3.05, 3.63) is 0 Å². The summed E-state index contributed by atoms with van der Waals surface area (Å²) in [4.78, 5) is 0. The highest BCUT2D eigenvalue weighted by atomic mass is 28.4. The standard InChI is InChI=1S/C8H22O5Si2/c1-10-14(5,11-2)6-7-15(8-9,12-3)13-4/h9H,6-8H2,1-5H3. The molecule has 0 bridgehead atoms. The highest BCUT2D eigenvalue weighted by molar-refractivity contribution is 6.72. The van der Waals surface area contributed by atoms with Crippen LogP contribution in [0.15, 0.2) is 0 Å². The van der Waals surface area contributed by atoms with Gasteiger partial charge in [0, 0.05) is 28.4 Å². The van der Waals surface area contributed by atoms with E-state index in [1.807, 2.05) is 6.55 Å². The predicted molar refractivity (Wildman–Crippen MR) is 62.1 cm³/mol. The van der Waals surface area contributed by atoms with E-state index in [0.717, 1.165) is 6.04 Å². The van der Waals surface area contributed by atoms with Gasteiger partial charge in [-0.15, -0.1) is 0 Å². The van der Waals surface area contributed by atoms with Crippen LogP contribution in [-0.4, -0.2) is 56.9 Å². The van der Waals surface area contributed by atoms with Crippen molar-refractivity contribution in [2.45, 2.75) is 18.6 Å². The first-order valence-electron chi connectivity index (χ1n) is 4.83. The molecule has 0 aliphatic carbocycles. The molecule has 0 aromatic carbocycles. The fourth-order valence-electron chi connectivity index (χ4n) is 1.20. The van der Waals surface area contributed by atoms with Crippen LogP contribution in [0.3, 0.4) is 0 Å². The molecule has 1 N–H and O–H groups in total. The summed E-state index contributed by atoms with van der Waals surface area (Å²) in [5.41, 5.74) is 0. The molecule has 0 heterocycles. The molecule has 0 saturated carbocycles. The van der Waals surface area contributed by atoms with E-state index in [1.54, 1.807) is 28.4 Å². The van der Waals surface area contributed by atoms with Crippen LogP contribution < -0.4 is 0 Å². The Morgan fingerprint density at radius 2 is 1.33 bits per heavy atom. The highest BCUT2D eigenvalue weighted by Crippen LogP contribution is 2.21. The lowest BCUT2D eigenvalue weighted by atomic mass is 10.9. The zero-order valence-electron chi connectivity index (χ0n) is 10.2. The van der Waals surface area contributed by atoms with E-state index in [-0.39, 0.29) is 6.23 Å². The maximum atomic E-state index is 9.26. The van der Waals surface area contributed by atoms with Gasteiger partial charge in [0.05, 0.1) is 6.23 Å². The van der Waals surface area contributed by atoms with E-state index < -0.39 is 17.1 Å². The van der Waals surface area contributed by atoms with Crippen LogP contribution >= 0.6 is 0 Å². The first kappa shape index (κ1) is 15.2. The summed E-state index contributed by atoms with van der Waals surface area (Å²) in [7, 11) is 1.93. The van der Waals surface area contributed by atoms with Crippen LogP contribution in [0.1, 0.15) is 0 Å². The number of hydrogen-bond acceptors (Lipinski definition) is 5. The van der Waals surface area contributed by atoms with Crippen molar-refractivity contribution in [1.82, 2.24) is 0 Å². The van der Waals surface area contributed by atoms with Crippen LogP contribution in [0.2, 0.25) is 18.6 Å². The summed E-state index contributed by atoms with van der Waals surface area (Å²) in [6, 6.07) is 1.44. The predicted octanol–water partition coefficient (Wildman–Crippen LogP) is 0.618. The van der Waals surface area contributed by atoms with Crippen LogP contribution in [-0.2, 0) is 17.7 Å². The van der Waals surface area contributed by atoms with E-state index in [4.69, 9.17) is 17.7 Å². The molecule has 92 valence electrons.